The number of amides is 2. The summed E-state index contributed by atoms with van der Waals surface area (Å²) < 4.78 is 27.7. The highest BCUT2D eigenvalue weighted by Gasteiger charge is 2.25. The van der Waals surface area contributed by atoms with Crippen molar-refractivity contribution in [3.63, 3.8) is 0 Å². The smallest absolute Gasteiger partial charge is 0.317 e. The number of urea groups is 1. The molecule has 1 heterocycles. The van der Waals surface area contributed by atoms with Crippen LogP contribution in [0.1, 0.15) is 50.5 Å². The predicted octanol–water partition coefficient (Wildman–Crippen LogP) is 0.813. The summed E-state index contributed by atoms with van der Waals surface area (Å²) in [6.45, 7) is 2.57. The summed E-state index contributed by atoms with van der Waals surface area (Å²) in [7, 11) is 0. The van der Waals surface area contributed by atoms with Gasteiger partial charge in [0, 0.05) is 18.2 Å². The van der Waals surface area contributed by atoms with Crippen molar-refractivity contribution in [2.75, 3.05) is 19.6 Å². The van der Waals surface area contributed by atoms with Gasteiger partial charge in [-0.1, -0.05) is 31.4 Å². The van der Waals surface area contributed by atoms with Crippen LogP contribution in [0.15, 0.2) is 18.2 Å². The first-order valence-electron chi connectivity index (χ1n) is 9.82. The van der Waals surface area contributed by atoms with Crippen molar-refractivity contribution in [1.29, 1.82) is 0 Å². The van der Waals surface area contributed by atoms with Gasteiger partial charge in [-0.25, -0.2) is 13.6 Å². The molecule has 0 atom stereocenters. The summed E-state index contributed by atoms with van der Waals surface area (Å²) in [4.78, 5) is 14.5. The zero-order chi connectivity index (χ0) is 18.4. The highest BCUT2D eigenvalue weighted by atomic mass is 35.5. The lowest BCUT2D eigenvalue weighted by molar-refractivity contribution is -0.0000102. The first-order chi connectivity index (χ1) is 12.6. The number of halogens is 3. The predicted molar refractivity (Wildman–Crippen MR) is 97.8 cm³/mol. The third kappa shape index (κ3) is 6.32. The van der Waals surface area contributed by atoms with E-state index in [-0.39, 0.29) is 36.6 Å². The van der Waals surface area contributed by atoms with E-state index in [1.54, 1.807) is 11.0 Å². The molecule has 1 saturated heterocycles. The van der Waals surface area contributed by atoms with E-state index in [1.807, 2.05) is 0 Å². The van der Waals surface area contributed by atoms with E-state index in [4.69, 9.17) is 0 Å². The minimum absolute atomic E-state index is 0. The molecule has 4 nitrogen and oxygen atoms in total. The van der Waals surface area contributed by atoms with E-state index in [0.29, 0.717) is 12.5 Å². The van der Waals surface area contributed by atoms with Gasteiger partial charge in [0.1, 0.15) is 0 Å². The van der Waals surface area contributed by atoms with E-state index < -0.39 is 11.6 Å². The molecule has 0 radical (unpaired) electrons. The van der Waals surface area contributed by atoms with Gasteiger partial charge < -0.3 is 27.9 Å². The van der Waals surface area contributed by atoms with Crippen molar-refractivity contribution >= 4 is 6.03 Å². The van der Waals surface area contributed by atoms with Gasteiger partial charge in [-0.15, -0.1) is 0 Å². The molecule has 2 amide bonds. The fourth-order valence-electron chi connectivity index (χ4n) is 3.98. The molecule has 27 heavy (non-hydrogen) atoms. The zero-order valence-electron chi connectivity index (χ0n) is 15.7. The number of carbonyl (C=O) groups excluding carboxylic acids is 1. The molecule has 2 N–H and O–H groups in total. The molecule has 1 aliphatic carbocycles. The molecule has 7 heteroatoms. The Kier molecular flexibility index (Phi) is 8.77. The number of piperidine rings is 1. The number of hydrogen-bond donors (Lipinski definition) is 2. The van der Waals surface area contributed by atoms with Crippen LogP contribution >= 0.6 is 0 Å². The maximum absolute atomic E-state index is 14.1. The summed E-state index contributed by atoms with van der Waals surface area (Å²) in [5, 5.41) is 6.44. The molecule has 1 aliphatic heterocycles. The summed E-state index contributed by atoms with van der Waals surface area (Å²) in [5.41, 5.74) is 0.234. The standard InChI is InChI=1S/C20H29F2N3O.ClH/c21-18-8-4-5-16(19(18)22)14-25(13-15-9-11-23-12-10-15)20(26)24-17-6-2-1-3-7-17;/h4-5,8,15,17,23H,1-3,6-7,9-14H2,(H,24,26);1H/p-1. The highest BCUT2D eigenvalue weighted by molar-refractivity contribution is 5.74. The molecule has 1 saturated carbocycles. The Balaban J connectivity index is 0.00000261. The SMILES string of the molecule is O=C(NC1CCCCC1)N(Cc1cccc(F)c1F)CC1CCNCC1.[Cl-]. The molecule has 0 unspecified atom stereocenters. The first-order valence-corrected chi connectivity index (χ1v) is 9.82. The maximum Gasteiger partial charge on any atom is 0.317 e. The maximum atomic E-state index is 14.1. The Morgan fingerprint density at radius 1 is 1.11 bits per heavy atom. The Labute approximate surface area is 166 Å². The van der Waals surface area contributed by atoms with Crippen molar-refractivity contribution in [3.8, 4) is 0 Å². The van der Waals surface area contributed by atoms with Gasteiger partial charge in [-0.05, 0) is 50.8 Å². The molecule has 0 aromatic heterocycles. The van der Waals surface area contributed by atoms with Crippen molar-refractivity contribution in [2.45, 2.75) is 57.5 Å². The Morgan fingerprint density at radius 2 is 1.81 bits per heavy atom. The molecule has 1 aromatic rings. The Bertz CT molecular complexity index is 605. The van der Waals surface area contributed by atoms with Crippen LogP contribution in [0, 0.1) is 17.6 Å². The molecule has 3 rings (SSSR count). The Hall–Kier alpha value is -1.40. The topological polar surface area (TPSA) is 44.4 Å². The number of nitrogens with zero attached hydrogens (tertiary/aromatic N) is 1. The van der Waals surface area contributed by atoms with E-state index >= 15 is 0 Å². The van der Waals surface area contributed by atoms with Crippen LogP contribution in [-0.4, -0.2) is 36.6 Å². The number of rotatable bonds is 5. The van der Waals surface area contributed by atoms with E-state index in [0.717, 1.165) is 57.7 Å². The van der Waals surface area contributed by atoms with Crippen LogP contribution in [0.2, 0.25) is 0 Å². The lowest BCUT2D eigenvalue weighted by atomic mass is 9.95. The van der Waals surface area contributed by atoms with Gasteiger partial charge in [-0.2, -0.15) is 0 Å². The zero-order valence-corrected chi connectivity index (χ0v) is 16.4. The second-order valence-corrected chi connectivity index (χ2v) is 7.57. The van der Waals surface area contributed by atoms with Gasteiger partial charge in [0.25, 0.3) is 0 Å². The van der Waals surface area contributed by atoms with Gasteiger partial charge in [0.15, 0.2) is 11.6 Å². The lowest BCUT2D eigenvalue weighted by Crippen LogP contribution is -3.00. The quantitative estimate of drug-likeness (QED) is 0.768. The summed E-state index contributed by atoms with van der Waals surface area (Å²) in [6, 6.07) is 4.21. The number of hydrogen-bond acceptors (Lipinski definition) is 2. The highest BCUT2D eigenvalue weighted by Crippen LogP contribution is 2.20. The van der Waals surface area contributed by atoms with Gasteiger partial charge in [0.2, 0.25) is 0 Å². The van der Waals surface area contributed by atoms with Crippen LogP contribution in [0.25, 0.3) is 0 Å². The second kappa shape index (κ2) is 10.8. The van der Waals surface area contributed by atoms with Crippen LogP contribution in [0.3, 0.4) is 0 Å². The van der Waals surface area contributed by atoms with Crippen molar-refractivity contribution in [2.24, 2.45) is 5.92 Å². The normalized spacial score (nSPS) is 18.6. The monoisotopic (exact) mass is 400 g/mol. The third-order valence-electron chi connectivity index (χ3n) is 5.55. The largest absolute Gasteiger partial charge is 1.00 e. The number of carbonyl (C=O) groups is 1. The van der Waals surface area contributed by atoms with Crippen LogP contribution in [0.4, 0.5) is 13.6 Å². The van der Waals surface area contributed by atoms with Crippen LogP contribution in [0.5, 0.6) is 0 Å². The molecule has 1 aromatic carbocycles. The fraction of sp³-hybridized carbons (Fsp3) is 0.650. The summed E-state index contributed by atoms with van der Waals surface area (Å²) in [5.74, 6) is -1.32. The molecule has 2 aliphatic rings. The number of benzene rings is 1. The third-order valence-corrected chi connectivity index (χ3v) is 5.55. The average molecular weight is 401 g/mol. The molecule has 0 spiro atoms. The minimum Gasteiger partial charge on any atom is -1.00 e. The lowest BCUT2D eigenvalue weighted by Gasteiger charge is -2.32. The summed E-state index contributed by atoms with van der Waals surface area (Å²) in [6.07, 6.45) is 7.50. The fourth-order valence-corrected chi connectivity index (χ4v) is 3.98. The Morgan fingerprint density at radius 3 is 2.52 bits per heavy atom. The van der Waals surface area contributed by atoms with Gasteiger partial charge in [0.05, 0.1) is 6.54 Å². The molecule has 152 valence electrons. The molecular formula is C20H29ClF2N3O-. The van der Waals surface area contributed by atoms with E-state index in [1.165, 1.54) is 12.5 Å². The average Bonchev–Trinajstić information content (AvgIpc) is 2.66. The molecule has 2 fully saturated rings. The van der Waals surface area contributed by atoms with Crippen molar-refractivity contribution in [1.82, 2.24) is 15.5 Å². The van der Waals surface area contributed by atoms with E-state index in [9.17, 15) is 13.6 Å². The van der Waals surface area contributed by atoms with Crippen LogP contribution < -0.4 is 23.0 Å². The molecular weight excluding hydrogens is 372 g/mol. The van der Waals surface area contributed by atoms with Crippen molar-refractivity contribution < 1.29 is 26.0 Å². The van der Waals surface area contributed by atoms with Gasteiger partial charge in [-0.3, -0.25) is 0 Å². The van der Waals surface area contributed by atoms with Crippen molar-refractivity contribution in [3.05, 3.63) is 35.4 Å². The first kappa shape index (κ1) is 21.9. The van der Waals surface area contributed by atoms with Crippen LogP contribution in [-0.2, 0) is 6.54 Å². The van der Waals surface area contributed by atoms with E-state index in [2.05, 4.69) is 10.6 Å². The number of nitrogens with one attached hydrogen (secondary N) is 2. The second-order valence-electron chi connectivity index (χ2n) is 7.57. The minimum atomic E-state index is -0.864. The summed E-state index contributed by atoms with van der Waals surface area (Å²) >= 11 is 0. The molecule has 0 bridgehead atoms. The van der Waals surface area contributed by atoms with Gasteiger partial charge >= 0.3 is 6.03 Å².